The fourth-order valence-corrected chi connectivity index (χ4v) is 1.85. The standard InChI is InChI=1S/C14H11FN2O3/c1-16(12-5-3-11(15)4-6-12)13-7-2-10(9-18)8-14(13)17(19)20/h2-9H,1H3. The molecule has 0 aliphatic heterocycles. The molecule has 0 atom stereocenters. The van der Waals surface area contributed by atoms with Gasteiger partial charge in [0.15, 0.2) is 0 Å². The highest BCUT2D eigenvalue weighted by atomic mass is 19.1. The molecule has 6 heteroatoms. The van der Waals surface area contributed by atoms with Gasteiger partial charge in [0.05, 0.1) is 4.92 Å². The third kappa shape index (κ3) is 2.64. The summed E-state index contributed by atoms with van der Waals surface area (Å²) in [4.78, 5) is 22.8. The van der Waals surface area contributed by atoms with Gasteiger partial charge in [-0.1, -0.05) is 0 Å². The molecule has 5 nitrogen and oxygen atoms in total. The van der Waals surface area contributed by atoms with Gasteiger partial charge < -0.3 is 4.90 Å². The topological polar surface area (TPSA) is 63.5 Å². The first-order valence-corrected chi connectivity index (χ1v) is 5.76. The fourth-order valence-electron chi connectivity index (χ4n) is 1.85. The predicted molar refractivity (Wildman–Crippen MR) is 72.9 cm³/mol. The molecule has 0 unspecified atom stereocenters. The van der Waals surface area contributed by atoms with Crippen molar-refractivity contribution in [1.82, 2.24) is 0 Å². The Morgan fingerprint density at radius 2 is 1.85 bits per heavy atom. The van der Waals surface area contributed by atoms with Crippen molar-refractivity contribution in [2.75, 3.05) is 11.9 Å². The van der Waals surface area contributed by atoms with Gasteiger partial charge in [0.25, 0.3) is 5.69 Å². The molecule has 0 N–H and O–H groups in total. The normalized spacial score (nSPS) is 10.1. The molecular formula is C14H11FN2O3. The van der Waals surface area contributed by atoms with Gasteiger partial charge in [0.1, 0.15) is 17.8 Å². The van der Waals surface area contributed by atoms with E-state index in [9.17, 15) is 19.3 Å². The number of nitro benzene ring substituents is 1. The van der Waals surface area contributed by atoms with Crippen LogP contribution in [0.4, 0.5) is 21.5 Å². The minimum atomic E-state index is -0.553. The van der Waals surface area contributed by atoms with E-state index in [1.807, 2.05) is 0 Å². The van der Waals surface area contributed by atoms with Crippen molar-refractivity contribution in [3.8, 4) is 0 Å². The van der Waals surface area contributed by atoms with E-state index in [4.69, 9.17) is 0 Å². The van der Waals surface area contributed by atoms with Crippen molar-refractivity contribution >= 4 is 23.3 Å². The highest BCUT2D eigenvalue weighted by Gasteiger charge is 2.18. The van der Waals surface area contributed by atoms with Crippen LogP contribution in [0.3, 0.4) is 0 Å². The van der Waals surface area contributed by atoms with Crippen LogP contribution >= 0.6 is 0 Å². The fraction of sp³-hybridized carbons (Fsp3) is 0.0714. The molecule has 102 valence electrons. The number of hydrogen-bond acceptors (Lipinski definition) is 4. The van der Waals surface area contributed by atoms with E-state index >= 15 is 0 Å². The summed E-state index contributed by atoms with van der Waals surface area (Å²) in [5.41, 5.74) is 0.981. The van der Waals surface area contributed by atoms with Gasteiger partial charge in [0.2, 0.25) is 0 Å². The smallest absolute Gasteiger partial charge is 0.293 e. The van der Waals surface area contributed by atoms with E-state index < -0.39 is 4.92 Å². The van der Waals surface area contributed by atoms with Crippen molar-refractivity contribution in [2.24, 2.45) is 0 Å². The first kappa shape index (κ1) is 13.7. The minimum absolute atomic E-state index is 0.179. The Bertz CT molecular complexity index is 656. The molecule has 2 aromatic carbocycles. The molecule has 0 fully saturated rings. The maximum absolute atomic E-state index is 12.9. The molecule has 0 saturated heterocycles. The van der Waals surface area contributed by atoms with Crippen LogP contribution in [-0.4, -0.2) is 18.3 Å². The lowest BCUT2D eigenvalue weighted by Crippen LogP contribution is -2.11. The molecule has 0 bridgehead atoms. The van der Waals surface area contributed by atoms with E-state index in [1.165, 1.54) is 42.5 Å². The third-order valence-corrected chi connectivity index (χ3v) is 2.91. The summed E-state index contributed by atoms with van der Waals surface area (Å²) in [5, 5.41) is 11.1. The Balaban J connectivity index is 2.48. The quantitative estimate of drug-likeness (QED) is 0.487. The monoisotopic (exact) mass is 274 g/mol. The number of rotatable bonds is 4. The van der Waals surface area contributed by atoms with E-state index in [2.05, 4.69) is 0 Å². The highest BCUT2D eigenvalue weighted by molar-refractivity contribution is 5.81. The van der Waals surface area contributed by atoms with E-state index in [1.54, 1.807) is 11.9 Å². The summed E-state index contributed by atoms with van der Waals surface area (Å²) < 4.78 is 12.9. The average Bonchev–Trinajstić information content (AvgIpc) is 2.46. The zero-order valence-corrected chi connectivity index (χ0v) is 10.6. The van der Waals surface area contributed by atoms with Gasteiger partial charge in [-0.2, -0.15) is 0 Å². The van der Waals surface area contributed by atoms with Crippen molar-refractivity contribution in [1.29, 1.82) is 0 Å². The lowest BCUT2D eigenvalue weighted by molar-refractivity contribution is -0.384. The van der Waals surface area contributed by atoms with E-state index in [0.717, 1.165) is 0 Å². The van der Waals surface area contributed by atoms with E-state index in [-0.39, 0.29) is 17.1 Å². The Morgan fingerprint density at radius 3 is 2.40 bits per heavy atom. The molecule has 0 saturated carbocycles. The second-order valence-corrected chi connectivity index (χ2v) is 4.16. The van der Waals surface area contributed by atoms with Crippen LogP contribution in [-0.2, 0) is 0 Å². The Morgan fingerprint density at radius 1 is 1.20 bits per heavy atom. The van der Waals surface area contributed by atoms with Crippen LogP contribution in [0.1, 0.15) is 10.4 Å². The summed E-state index contributed by atoms with van der Waals surface area (Å²) >= 11 is 0. The van der Waals surface area contributed by atoms with Crippen molar-refractivity contribution in [3.05, 3.63) is 64.0 Å². The first-order chi connectivity index (χ1) is 9.52. The summed E-state index contributed by atoms with van der Waals surface area (Å²) in [6, 6.07) is 9.79. The number of hydrogen-bond donors (Lipinski definition) is 0. The van der Waals surface area contributed by atoms with Gasteiger partial charge in [-0.05, 0) is 36.4 Å². The third-order valence-electron chi connectivity index (χ3n) is 2.91. The zero-order chi connectivity index (χ0) is 14.7. The summed E-state index contributed by atoms with van der Waals surface area (Å²) in [6.45, 7) is 0. The Hall–Kier alpha value is -2.76. The summed E-state index contributed by atoms with van der Waals surface area (Å²) in [5.74, 6) is -0.382. The molecule has 0 heterocycles. The maximum Gasteiger partial charge on any atom is 0.293 e. The van der Waals surface area contributed by atoms with E-state index in [0.29, 0.717) is 17.7 Å². The van der Waals surface area contributed by atoms with Gasteiger partial charge in [-0.3, -0.25) is 14.9 Å². The molecule has 0 aromatic heterocycles. The van der Waals surface area contributed by atoms with Crippen LogP contribution in [0.15, 0.2) is 42.5 Å². The van der Waals surface area contributed by atoms with Gasteiger partial charge in [-0.15, -0.1) is 0 Å². The Kier molecular flexibility index (Phi) is 3.74. The van der Waals surface area contributed by atoms with Gasteiger partial charge in [-0.25, -0.2) is 4.39 Å². The first-order valence-electron chi connectivity index (χ1n) is 5.76. The lowest BCUT2D eigenvalue weighted by Gasteiger charge is -2.19. The molecule has 0 spiro atoms. The molecule has 0 aliphatic carbocycles. The van der Waals surface area contributed by atoms with Crippen LogP contribution in [0.5, 0.6) is 0 Å². The summed E-state index contributed by atoms with van der Waals surface area (Å²) in [7, 11) is 1.64. The Labute approximate surface area is 114 Å². The van der Waals surface area contributed by atoms with Crippen molar-refractivity contribution in [3.63, 3.8) is 0 Å². The number of benzene rings is 2. The number of carbonyl (C=O) groups excluding carboxylic acids is 1. The predicted octanol–water partition coefficient (Wildman–Crippen LogP) is 3.31. The lowest BCUT2D eigenvalue weighted by atomic mass is 10.1. The number of halogens is 1. The van der Waals surface area contributed by atoms with Gasteiger partial charge >= 0.3 is 0 Å². The number of anilines is 2. The highest BCUT2D eigenvalue weighted by Crippen LogP contribution is 2.32. The molecule has 20 heavy (non-hydrogen) atoms. The average molecular weight is 274 g/mol. The van der Waals surface area contributed by atoms with Gasteiger partial charge in [0, 0.05) is 24.4 Å². The van der Waals surface area contributed by atoms with Crippen LogP contribution in [0.25, 0.3) is 0 Å². The van der Waals surface area contributed by atoms with Crippen LogP contribution in [0, 0.1) is 15.9 Å². The number of aldehydes is 1. The molecule has 0 radical (unpaired) electrons. The molecule has 0 aliphatic rings. The summed E-state index contributed by atoms with van der Waals surface area (Å²) in [6.07, 6.45) is 0.550. The van der Waals surface area contributed by atoms with Crippen molar-refractivity contribution < 1.29 is 14.1 Å². The van der Waals surface area contributed by atoms with Crippen LogP contribution < -0.4 is 4.90 Å². The SMILES string of the molecule is CN(c1ccc(F)cc1)c1ccc(C=O)cc1[N+](=O)[O-]. The number of carbonyl (C=O) groups is 1. The maximum atomic E-state index is 12.9. The minimum Gasteiger partial charge on any atom is -0.339 e. The molecule has 2 rings (SSSR count). The largest absolute Gasteiger partial charge is 0.339 e. The number of nitro groups is 1. The van der Waals surface area contributed by atoms with Crippen molar-refractivity contribution in [2.45, 2.75) is 0 Å². The molecular weight excluding hydrogens is 263 g/mol. The second-order valence-electron chi connectivity index (χ2n) is 4.16. The van der Waals surface area contributed by atoms with Crippen LogP contribution in [0.2, 0.25) is 0 Å². The zero-order valence-electron chi connectivity index (χ0n) is 10.6. The molecule has 2 aromatic rings. The number of nitrogens with zero attached hydrogens (tertiary/aromatic N) is 2. The second kappa shape index (κ2) is 5.48. The molecule has 0 amide bonds.